The van der Waals surface area contributed by atoms with Crippen molar-refractivity contribution in [2.45, 2.75) is 13.0 Å². The summed E-state index contributed by atoms with van der Waals surface area (Å²) in [4.78, 5) is 0. The first-order valence-corrected chi connectivity index (χ1v) is 9.01. The zero-order chi connectivity index (χ0) is 15.3. The van der Waals surface area contributed by atoms with E-state index in [-0.39, 0.29) is 6.54 Å². The van der Waals surface area contributed by atoms with Gasteiger partial charge in [0.2, 0.25) is 0 Å². The molecule has 1 N–H and O–H groups in total. The molecule has 0 amide bonds. The lowest BCUT2D eigenvalue weighted by Gasteiger charge is -1.97. The van der Waals surface area contributed by atoms with E-state index in [1.165, 1.54) is 21.6 Å². The standard InChI is InChI=1S/C13H14N2O3S3/c16-21(17,18)10-9-15-13(19)20-12(14-15)8-4-7-11-5-2-1-3-6-11/h1-6,8H,7,9-10H2,(H,16,17,18)/b8-4+. The van der Waals surface area contributed by atoms with Crippen molar-refractivity contribution in [1.29, 1.82) is 0 Å². The Morgan fingerprint density at radius 2 is 2.05 bits per heavy atom. The molecular weight excluding hydrogens is 328 g/mol. The fourth-order valence-corrected chi connectivity index (χ4v) is 3.15. The van der Waals surface area contributed by atoms with Crippen LogP contribution in [-0.2, 0) is 23.1 Å². The number of benzene rings is 1. The lowest BCUT2D eigenvalue weighted by atomic mass is 10.1. The topological polar surface area (TPSA) is 72.2 Å². The van der Waals surface area contributed by atoms with E-state index < -0.39 is 15.9 Å². The van der Waals surface area contributed by atoms with Gasteiger partial charge in [-0.1, -0.05) is 47.7 Å². The average molecular weight is 342 g/mol. The number of aromatic nitrogens is 2. The number of hydrogen-bond donors (Lipinski definition) is 1. The van der Waals surface area contributed by atoms with Gasteiger partial charge in [-0.3, -0.25) is 4.55 Å². The molecule has 8 heteroatoms. The summed E-state index contributed by atoms with van der Waals surface area (Å²) in [5.41, 5.74) is 1.20. The lowest BCUT2D eigenvalue weighted by molar-refractivity contribution is 0.475. The molecule has 2 aromatic rings. The Balaban J connectivity index is 2.00. The molecule has 0 fully saturated rings. The van der Waals surface area contributed by atoms with Crippen LogP contribution in [0.2, 0.25) is 0 Å². The molecule has 21 heavy (non-hydrogen) atoms. The minimum atomic E-state index is -4.00. The van der Waals surface area contributed by atoms with E-state index >= 15 is 0 Å². The monoisotopic (exact) mass is 342 g/mol. The Kier molecular flexibility index (Phi) is 5.40. The van der Waals surface area contributed by atoms with Gasteiger partial charge in [0.1, 0.15) is 5.01 Å². The molecule has 0 radical (unpaired) electrons. The Bertz CT molecular complexity index is 776. The molecule has 0 aliphatic rings. The maximum Gasteiger partial charge on any atom is 0.266 e. The fraction of sp³-hybridized carbons (Fsp3) is 0.231. The summed E-state index contributed by atoms with van der Waals surface area (Å²) in [6, 6.07) is 10.0. The molecule has 0 saturated carbocycles. The highest BCUT2D eigenvalue weighted by atomic mass is 32.2. The summed E-state index contributed by atoms with van der Waals surface area (Å²) in [6.45, 7) is 0.0562. The minimum absolute atomic E-state index is 0.0562. The van der Waals surface area contributed by atoms with Crippen molar-refractivity contribution in [2.75, 3.05) is 5.75 Å². The normalized spacial score (nSPS) is 12.0. The van der Waals surface area contributed by atoms with Crippen LogP contribution in [0.1, 0.15) is 10.6 Å². The van der Waals surface area contributed by atoms with E-state index in [0.29, 0.717) is 8.96 Å². The Morgan fingerprint density at radius 3 is 2.71 bits per heavy atom. The first-order valence-electron chi connectivity index (χ1n) is 6.17. The fourth-order valence-electron chi connectivity index (χ4n) is 1.64. The van der Waals surface area contributed by atoms with Gasteiger partial charge in [-0.05, 0) is 30.3 Å². The molecule has 0 aliphatic heterocycles. The summed E-state index contributed by atoms with van der Waals surface area (Å²) in [7, 11) is -4.00. The van der Waals surface area contributed by atoms with Crippen LogP contribution in [0.15, 0.2) is 36.4 Å². The molecule has 0 aliphatic carbocycles. The van der Waals surface area contributed by atoms with E-state index in [1.807, 2.05) is 42.5 Å². The van der Waals surface area contributed by atoms with Crippen LogP contribution in [-0.4, -0.2) is 28.5 Å². The van der Waals surface area contributed by atoms with Crippen LogP contribution >= 0.6 is 23.6 Å². The SMILES string of the molecule is O=S(=O)(O)CCn1nc(/C=C/Cc2ccccc2)sc1=S. The lowest BCUT2D eigenvalue weighted by Crippen LogP contribution is -2.12. The Hall–Kier alpha value is -1.35. The molecule has 1 aromatic heterocycles. The summed E-state index contributed by atoms with van der Waals surface area (Å²) in [5.74, 6) is -0.391. The molecule has 1 aromatic carbocycles. The third kappa shape index (κ3) is 5.50. The van der Waals surface area contributed by atoms with Gasteiger partial charge < -0.3 is 0 Å². The van der Waals surface area contributed by atoms with E-state index in [4.69, 9.17) is 16.8 Å². The smallest absolute Gasteiger partial charge is 0.266 e. The van der Waals surface area contributed by atoms with Gasteiger partial charge >= 0.3 is 0 Å². The molecule has 0 unspecified atom stereocenters. The van der Waals surface area contributed by atoms with Gasteiger partial charge in [-0.15, -0.1) is 0 Å². The van der Waals surface area contributed by atoms with Crippen molar-refractivity contribution in [2.24, 2.45) is 0 Å². The van der Waals surface area contributed by atoms with Crippen molar-refractivity contribution in [3.05, 3.63) is 50.9 Å². The first-order chi connectivity index (χ1) is 9.94. The van der Waals surface area contributed by atoms with Crippen molar-refractivity contribution >= 4 is 39.7 Å². The highest BCUT2D eigenvalue weighted by Crippen LogP contribution is 2.11. The summed E-state index contributed by atoms with van der Waals surface area (Å²) in [5, 5.41) is 4.93. The van der Waals surface area contributed by atoms with Crippen molar-refractivity contribution in [1.82, 2.24) is 9.78 Å². The third-order valence-corrected chi connectivity index (χ3v) is 4.61. The van der Waals surface area contributed by atoms with Crippen LogP contribution in [0, 0.1) is 3.95 Å². The van der Waals surface area contributed by atoms with Gasteiger partial charge in [-0.2, -0.15) is 13.5 Å². The van der Waals surface area contributed by atoms with Crippen molar-refractivity contribution in [3.63, 3.8) is 0 Å². The first kappa shape index (κ1) is 16.0. The van der Waals surface area contributed by atoms with Crippen LogP contribution in [0.5, 0.6) is 0 Å². The van der Waals surface area contributed by atoms with Crippen LogP contribution in [0.25, 0.3) is 6.08 Å². The summed E-state index contributed by atoms with van der Waals surface area (Å²) < 4.78 is 32.1. The molecular formula is C13H14N2O3S3. The number of aryl methyl sites for hydroxylation is 1. The maximum atomic E-state index is 10.7. The van der Waals surface area contributed by atoms with Crippen LogP contribution in [0.3, 0.4) is 0 Å². The predicted molar refractivity (Wildman–Crippen MR) is 86.5 cm³/mol. The predicted octanol–water partition coefficient (Wildman–Crippen LogP) is 2.82. The molecule has 1 heterocycles. The summed E-state index contributed by atoms with van der Waals surface area (Å²) in [6.07, 6.45) is 4.63. The average Bonchev–Trinajstić information content (AvgIpc) is 2.77. The van der Waals surface area contributed by atoms with Gasteiger partial charge in [0.25, 0.3) is 10.1 Å². The van der Waals surface area contributed by atoms with Crippen LogP contribution in [0.4, 0.5) is 0 Å². The quantitative estimate of drug-likeness (QED) is 0.645. The van der Waals surface area contributed by atoms with Gasteiger partial charge in [0.05, 0.1) is 12.3 Å². The minimum Gasteiger partial charge on any atom is -0.285 e. The Morgan fingerprint density at radius 1 is 1.33 bits per heavy atom. The Labute approximate surface area is 132 Å². The van der Waals surface area contributed by atoms with E-state index in [0.717, 1.165) is 6.42 Å². The third-order valence-electron chi connectivity index (χ3n) is 2.64. The second kappa shape index (κ2) is 7.08. The zero-order valence-corrected chi connectivity index (χ0v) is 13.5. The molecule has 0 atom stereocenters. The van der Waals surface area contributed by atoms with Gasteiger partial charge in [0.15, 0.2) is 3.95 Å². The second-order valence-electron chi connectivity index (χ2n) is 4.31. The molecule has 0 spiro atoms. The van der Waals surface area contributed by atoms with Gasteiger partial charge in [0, 0.05) is 0 Å². The molecule has 0 saturated heterocycles. The van der Waals surface area contributed by atoms with E-state index in [1.54, 1.807) is 0 Å². The van der Waals surface area contributed by atoms with Gasteiger partial charge in [-0.25, -0.2) is 4.68 Å². The van der Waals surface area contributed by atoms with E-state index in [9.17, 15) is 8.42 Å². The largest absolute Gasteiger partial charge is 0.285 e. The number of nitrogens with zero attached hydrogens (tertiary/aromatic N) is 2. The van der Waals surface area contributed by atoms with Crippen molar-refractivity contribution in [3.8, 4) is 0 Å². The number of allylic oxidation sites excluding steroid dienone is 1. The maximum absolute atomic E-state index is 10.7. The molecule has 5 nitrogen and oxygen atoms in total. The molecule has 2 rings (SSSR count). The van der Waals surface area contributed by atoms with Crippen LogP contribution < -0.4 is 0 Å². The molecule has 112 valence electrons. The summed E-state index contributed by atoms with van der Waals surface area (Å²) >= 11 is 6.42. The zero-order valence-electron chi connectivity index (χ0n) is 11.0. The highest BCUT2D eigenvalue weighted by molar-refractivity contribution is 7.85. The highest BCUT2D eigenvalue weighted by Gasteiger charge is 2.07. The van der Waals surface area contributed by atoms with E-state index in [2.05, 4.69) is 5.10 Å². The second-order valence-corrected chi connectivity index (χ2v) is 7.53. The number of hydrogen-bond acceptors (Lipinski definition) is 5. The molecule has 0 bridgehead atoms. The van der Waals surface area contributed by atoms with Crippen molar-refractivity contribution < 1.29 is 13.0 Å². The number of rotatable bonds is 6.